The van der Waals surface area contributed by atoms with Crippen LogP contribution in [0.5, 0.6) is 0 Å². The number of halogens is 3. The fourth-order valence-electron chi connectivity index (χ4n) is 3.04. The topological polar surface area (TPSA) is 67.4 Å². The van der Waals surface area contributed by atoms with Crippen molar-refractivity contribution >= 4 is 23.4 Å². The van der Waals surface area contributed by atoms with Crippen molar-refractivity contribution in [2.45, 2.75) is 45.7 Å². The van der Waals surface area contributed by atoms with Crippen molar-refractivity contribution in [2.75, 3.05) is 17.2 Å². The number of carbonyl (C=O) groups excluding carboxylic acids is 2. The summed E-state index contributed by atoms with van der Waals surface area (Å²) in [6.07, 6.45) is -4.16. The van der Waals surface area contributed by atoms with Crippen molar-refractivity contribution in [3.63, 3.8) is 0 Å². The van der Waals surface area contributed by atoms with Gasteiger partial charge in [-0.2, -0.15) is 13.2 Å². The highest BCUT2D eigenvalue weighted by atomic mass is 19.4. The molecule has 5 nitrogen and oxygen atoms in total. The van der Waals surface area contributed by atoms with Gasteiger partial charge in [-0.3, -0.25) is 10.1 Å². The molecule has 1 aliphatic carbocycles. The zero-order chi connectivity index (χ0) is 20.0. The molecule has 150 valence electrons. The average molecular weight is 386 g/mol. The lowest BCUT2D eigenvalue weighted by Gasteiger charge is -2.29. The van der Waals surface area contributed by atoms with E-state index in [1.54, 1.807) is 24.3 Å². The molecule has 0 spiro atoms. The van der Waals surface area contributed by atoms with Crippen LogP contribution in [-0.4, -0.2) is 24.8 Å². The Balaban J connectivity index is 1.93. The van der Waals surface area contributed by atoms with Crippen LogP contribution in [-0.2, 0) is 9.53 Å². The van der Waals surface area contributed by atoms with Gasteiger partial charge in [-0.15, -0.1) is 0 Å². The van der Waals surface area contributed by atoms with Crippen molar-refractivity contribution in [3.05, 3.63) is 24.3 Å². The van der Waals surface area contributed by atoms with Gasteiger partial charge in [-0.25, -0.2) is 4.79 Å². The summed E-state index contributed by atoms with van der Waals surface area (Å²) >= 11 is 0. The second-order valence-electron chi connectivity index (χ2n) is 7.29. The van der Waals surface area contributed by atoms with Crippen LogP contribution < -0.4 is 10.6 Å². The Morgan fingerprint density at radius 2 is 1.85 bits per heavy atom. The van der Waals surface area contributed by atoms with Gasteiger partial charge < -0.3 is 10.1 Å². The van der Waals surface area contributed by atoms with Gasteiger partial charge in [0.15, 0.2) is 0 Å². The Hall–Kier alpha value is -2.25. The quantitative estimate of drug-likeness (QED) is 0.731. The SMILES string of the molecule is CC(C)COC(=O)Nc1cccc(NC(=O)C2CCCC(C(F)(F)F)C2)c1. The fraction of sp³-hybridized carbons (Fsp3) is 0.579. The molecule has 2 unspecified atom stereocenters. The lowest BCUT2D eigenvalue weighted by atomic mass is 9.80. The summed E-state index contributed by atoms with van der Waals surface area (Å²) in [6, 6.07) is 6.42. The number of amides is 2. The Morgan fingerprint density at radius 3 is 2.48 bits per heavy atom. The number of ether oxygens (including phenoxy) is 1. The first-order valence-corrected chi connectivity index (χ1v) is 9.06. The molecule has 0 radical (unpaired) electrons. The Labute approximate surface area is 156 Å². The molecule has 0 aromatic heterocycles. The van der Waals surface area contributed by atoms with E-state index in [-0.39, 0.29) is 25.4 Å². The molecule has 2 rings (SSSR count). The van der Waals surface area contributed by atoms with Crippen molar-refractivity contribution in [1.82, 2.24) is 0 Å². The second kappa shape index (κ2) is 9.10. The lowest BCUT2D eigenvalue weighted by Crippen LogP contribution is -2.34. The Morgan fingerprint density at radius 1 is 1.19 bits per heavy atom. The number of hydrogen-bond donors (Lipinski definition) is 2. The molecule has 2 N–H and O–H groups in total. The standard InChI is InChI=1S/C19H25F3N2O3/c1-12(2)11-27-18(26)24-16-8-4-7-15(10-16)23-17(25)13-5-3-6-14(9-13)19(20,21)22/h4,7-8,10,12-14H,3,5-6,9,11H2,1-2H3,(H,23,25)(H,24,26). The molecule has 8 heteroatoms. The molecular weight excluding hydrogens is 361 g/mol. The van der Waals surface area contributed by atoms with E-state index in [1.807, 2.05) is 13.8 Å². The van der Waals surface area contributed by atoms with Crippen LogP contribution >= 0.6 is 0 Å². The maximum absolute atomic E-state index is 12.9. The number of anilines is 2. The van der Waals surface area contributed by atoms with Gasteiger partial charge in [-0.1, -0.05) is 26.3 Å². The molecule has 1 aromatic rings. The van der Waals surface area contributed by atoms with E-state index >= 15 is 0 Å². The van der Waals surface area contributed by atoms with Crippen LogP contribution in [0.1, 0.15) is 39.5 Å². The molecule has 1 aliphatic rings. The van der Waals surface area contributed by atoms with E-state index in [2.05, 4.69) is 10.6 Å². The summed E-state index contributed by atoms with van der Waals surface area (Å²) in [4.78, 5) is 24.1. The number of hydrogen-bond acceptors (Lipinski definition) is 3. The number of rotatable bonds is 5. The zero-order valence-electron chi connectivity index (χ0n) is 15.4. The third-order valence-electron chi connectivity index (χ3n) is 4.43. The molecule has 1 aromatic carbocycles. The van der Waals surface area contributed by atoms with Crippen molar-refractivity contribution in [3.8, 4) is 0 Å². The highest BCUT2D eigenvalue weighted by molar-refractivity contribution is 5.94. The first kappa shape index (κ1) is 21.1. The van der Waals surface area contributed by atoms with Crippen LogP contribution in [0, 0.1) is 17.8 Å². The predicted molar refractivity (Wildman–Crippen MR) is 96.4 cm³/mol. The normalized spacial score (nSPS) is 20.2. The van der Waals surface area contributed by atoms with E-state index in [4.69, 9.17) is 4.74 Å². The van der Waals surface area contributed by atoms with E-state index in [0.717, 1.165) is 0 Å². The Bertz CT molecular complexity index is 662. The molecular formula is C19H25F3N2O3. The smallest absolute Gasteiger partial charge is 0.411 e. The average Bonchev–Trinajstić information content (AvgIpc) is 2.59. The van der Waals surface area contributed by atoms with Gasteiger partial charge in [0.05, 0.1) is 12.5 Å². The highest BCUT2D eigenvalue weighted by Crippen LogP contribution is 2.40. The van der Waals surface area contributed by atoms with Crippen LogP contribution in [0.4, 0.5) is 29.3 Å². The third-order valence-corrected chi connectivity index (χ3v) is 4.43. The molecule has 0 aliphatic heterocycles. The monoisotopic (exact) mass is 386 g/mol. The summed E-state index contributed by atoms with van der Waals surface area (Å²) in [5, 5.41) is 5.21. The minimum atomic E-state index is -4.26. The molecule has 2 atom stereocenters. The van der Waals surface area contributed by atoms with E-state index in [0.29, 0.717) is 24.2 Å². The zero-order valence-corrected chi connectivity index (χ0v) is 15.4. The summed E-state index contributed by atoms with van der Waals surface area (Å²) in [5.41, 5.74) is 0.842. The van der Waals surface area contributed by atoms with Gasteiger partial charge >= 0.3 is 12.3 Å². The van der Waals surface area contributed by atoms with Gasteiger partial charge in [0.1, 0.15) is 0 Å². The number of alkyl halides is 3. The van der Waals surface area contributed by atoms with Crippen LogP contribution in [0.3, 0.4) is 0 Å². The third kappa shape index (κ3) is 6.77. The first-order valence-electron chi connectivity index (χ1n) is 9.06. The summed E-state index contributed by atoms with van der Waals surface area (Å²) < 4.78 is 43.7. The predicted octanol–water partition coefficient (Wildman–Crippen LogP) is 5.20. The molecule has 1 saturated carbocycles. The maximum Gasteiger partial charge on any atom is 0.411 e. The molecule has 0 bridgehead atoms. The van der Waals surface area contributed by atoms with Crippen molar-refractivity contribution in [1.29, 1.82) is 0 Å². The van der Waals surface area contributed by atoms with Crippen molar-refractivity contribution < 1.29 is 27.5 Å². The van der Waals surface area contributed by atoms with Crippen LogP contribution in [0.15, 0.2) is 24.3 Å². The molecule has 0 heterocycles. The maximum atomic E-state index is 12.9. The van der Waals surface area contributed by atoms with E-state index in [1.165, 1.54) is 0 Å². The number of nitrogens with one attached hydrogen (secondary N) is 2. The minimum absolute atomic E-state index is 0.0746. The largest absolute Gasteiger partial charge is 0.449 e. The van der Waals surface area contributed by atoms with E-state index < -0.39 is 30.0 Å². The van der Waals surface area contributed by atoms with Gasteiger partial charge in [-0.05, 0) is 43.4 Å². The summed E-state index contributed by atoms with van der Waals surface area (Å²) in [5.74, 6) is -2.32. The molecule has 0 saturated heterocycles. The number of carbonyl (C=O) groups is 2. The summed E-state index contributed by atoms with van der Waals surface area (Å²) in [6.45, 7) is 4.11. The minimum Gasteiger partial charge on any atom is -0.449 e. The lowest BCUT2D eigenvalue weighted by molar-refractivity contribution is -0.185. The van der Waals surface area contributed by atoms with E-state index in [9.17, 15) is 22.8 Å². The van der Waals surface area contributed by atoms with Gasteiger partial charge in [0.2, 0.25) is 5.91 Å². The molecule has 2 amide bonds. The highest BCUT2D eigenvalue weighted by Gasteiger charge is 2.43. The molecule has 27 heavy (non-hydrogen) atoms. The van der Waals surface area contributed by atoms with Gasteiger partial charge in [0, 0.05) is 17.3 Å². The Kier molecular flexibility index (Phi) is 7.10. The van der Waals surface area contributed by atoms with Crippen molar-refractivity contribution in [2.24, 2.45) is 17.8 Å². The number of benzene rings is 1. The fourth-order valence-corrected chi connectivity index (χ4v) is 3.04. The second-order valence-corrected chi connectivity index (χ2v) is 7.29. The van der Waals surface area contributed by atoms with Crippen LogP contribution in [0.25, 0.3) is 0 Å². The van der Waals surface area contributed by atoms with Crippen LogP contribution in [0.2, 0.25) is 0 Å². The van der Waals surface area contributed by atoms with Gasteiger partial charge in [0.25, 0.3) is 0 Å². The summed E-state index contributed by atoms with van der Waals surface area (Å²) in [7, 11) is 0. The molecule has 1 fully saturated rings. The first-order chi connectivity index (χ1) is 12.6.